The molecule has 30 heavy (non-hydrogen) atoms. The van der Waals surface area contributed by atoms with Crippen LogP contribution >= 0.6 is 0 Å². The van der Waals surface area contributed by atoms with Crippen molar-refractivity contribution in [3.05, 3.63) is 78.0 Å². The lowest BCUT2D eigenvalue weighted by molar-refractivity contribution is -0.134. The second-order valence-corrected chi connectivity index (χ2v) is 7.62. The van der Waals surface area contributed by atoms with Crippen LogP contribution in [0.2, 0.25) is 0 Å². The molecule has 1 aliphatic heterocycles. The van der Waals surface area contributed by atoms with E-state index in [-0.39, 0.29) is 24.2 Å². The molecule has 154 valence electrons. The number of hydrogen-bond acceptors (Lipinski definition) is 4. The maximum absolute atomic E-state index is 13.0. The maximum atomic E-state index is 13.0. The Balaban J connectivity index is 1.41. The summed E-state index contributed by atoms with van der Waals surface area (Å²) in [7, 11) is 0. The second kappa shape index (κ2) is 9.03. The van der Waals surface area contributed by atoms with Gasteiger partial charge in [-0.15, -0.1) is 0 Å². The highest BCUT2D eigenvalue weighted by Gasteiger charge is 2.26. The van der Waals surface area contributed by atoms with Crippen LogP contribution in [0.15, 0.2) is 60.9 Å². The number of carbonyl (C=O) groups is 1. The molecule has 2 heterocycles. The summed E-state index contributed by atoms with van der Waals surface area (Å²) in [5.74, 6) is 0.217. The van der Waals surface area contributed by atoms with E-state index in [4.69, 9.17) is 9.72 Å². The van der Waals surface area contributed by atoms with Crippen molar-refractivity contribution in [3.63, 3.8) is 0 Å². The predicted octanol–water partition coefficient (Wildman–Crippen LogP) is 4.38. The monoisotopic (exact) mass is 405 g/mol. The van der Waals surface area contributed by atoms with Gasteiger partial charge in [0, 0.05) is 30.8 Å². The molecule has 6 heteroatoms. The van der Waals surface area contributed by atoms with Crippen molar-refractivity contribution in [3.8, 4) is 17.0 Å². The van der Waals surface area contributed by atoms with E-state index >= 15 is 0 Å². The van der Waals surface area contributed by atoms with Crippen LogP contribution in [-0.2, 0) is 4.79 Å². The Labute approximate surface area is 175 Å². The summed E-state index contributed by atoms with van der Waals surface area (Å²) in [6, 6.07) is 13.9. The van der Waals surface area contributed by atoms with E-state index in [1.807, 2.05) is 17.0 Å². The SMILES string of the molecule is Cc1cccc(-c2cncc([C@@H]3CCCN(C(=O)COc4ccc(F)cc4)C3)n2)c1. The predicted molar refractivity (Wildman–Crippen MR) is 113 cm³/mol. The van der Waals surface area contributed by atoms with Crippen LogP contribution in [0, 0.1) is 12.7 Å². The minimum Gasteiger partial charge on any atom is -0.484 e. The third-order valence-electron chi connectivity index (χ3n) is 5.34. The molecule has 0 radical (unpaired) electrons. The Morgan fingerprint density at radius 1 is 1.20 bits per heavy atom. The van der Waals surface area contributed by atoms with E-state index < -0.39 is 0 Å². The number of benzene rings is 2. The summed E-state index contributed by atoms with van der Waals surface area (Å²) in [6.07, 6.45) is 5.45. The van der Waals surface area contributed by atoms with E-state index in [9.17, 15) is 9.18 Å². The Morgan fingerprint density at radius 3 is 2.83 bits per heavy atom. The smallest absolute Gasteiger partial charge is 0.260 e. The minimum absolute atomic E-state index is 0.0621. The zero-order chi connectivity index (χ0) is 20.9. The maximum Gasteiger partial charge on any atom is 0.260 e. The van der Waals surface area contributed by atoms with Gasteiger partial charge in [0.25, 0.3) is 5.91 Å². The zero-order valence-corrected chi connectivity index (χ0v) is 16.9. The first kappa shape index (κ1) is 20.0. The molecule has 1 saturated heterocycles. The molecule has 0 spiro atoms. The number of hydrogen-bond donors (Lipinski definition) is 0. The molecule has 0 saturated carbocycles. The van der Waals surface area contributed by atoms with Crippen LogP contribution in [0.5, 0.6) is 5.75 Å². The molecule has 1 amide bonds. The number of piperidine rings is 1. The highest BCUT2D eigenvalue weighted by atomic mass is 19.1. The average molecular weight is 405 g/mol. The first-order chi connectivity index (χ1) is 14.6. The normalized spacial score (nSPS) is 16.3. The summed E-state index contributed by atoms with van der Waals surface area (Å²) in [5, 5.41) is 0. The van der Waals surface area contributed by atoms with Crippen molar-refractivity contribution in [1.82, 2.24) is 14.9 Å². The number of likely N-dealkylation sites (tertiary alicyclic amines) is 1. The molecule has 1 atom stereocenters. The Bertz CT molecular complexity index is 1020. The molecule has 1 fully saturated rings. The quantitative estimate of drug-likeness (QED) is 0.632. The standard InChI is InChI=1S/C24H24FN3O2/c1-17-4-2-5-18(12-17)22-13-26-14-23(27-22)19-6-3-11-28(15-19)24(29)16-30-21-9-7-20(25)8-10-21/h2,4-5,7-10,12-14,19H,3,6,11,15-16H2,1H3/t19-/m1/s1. The lowest BCUT2D eigenvalue weighted by Crippen LogP contribution is -2.41. The number of aryl methyl sites for hydroxylation is 1. The number of rotatable bonds is 5. The minimum atomic E-state index is -0.332. The van der Waals surface area contributed by atoms with Gasteiger partial charge in [-0.05, 0) is 50.1 Å². The Kier molecular flexibility index (Phi) is 6.02. The van der Waals surface area contributed by atoms with Gasteiger partial charge in [0.05, 0.1) is 17.6 Å². The van der Waals surface area contributed by atoms with Gasteiger partial charge < -0.3 is 9.64 Å². The lowest BCUT2D eigenvalue weighted by atomic mass is 9.94. The molecule has 2 aromatic carbocycles. The average Bonchev–Trinajstić information content (AvgIpc) is 2.79. The van der Waals surface area contributed by atoms with Crippen LogP contribution in [0.4, 0.5) is 4.39 Å². The molecular weight excluding hydrogens is 381 g/mol. The van der Waals surface area contributed by atoms with Gasteiger partial charge in [0.1, 0.15) is 11.6 Å². The van der Waals surface area contributed by atoms with Gasteiger partial charge >= 0.3 is 0 Å². The molecule has 1 aliphatic rings. The van der Waals surface area contributed by atoms with Gasteiger partial charge in [-0.25, -0.2) is 9.37 Å². The van der Waals surface area contributed by atoms with E-state index in [1.165, 1.54) is 29.8 Å². The van der Waals surface area contributed by atoms with Gasteiger partial charge in [0.15, 0.2) is 6.61 Å². The second-order valence-electron chi connectivity index (χ2n) is 7.62. The number of ether oxygens (including phenoxy) is 1. The third-order valence-corrected chi connectivity index (χ3v) is 5.34. The van der Waals surface area contributed by atoms with Crippen LogP contribution in [0.3, 0.4) is 0 Å². The van der Waals surface area contributed by atoms with Gasteiger partial charge in [-0.3, -0.25) is 9.78 Å². The van der Waals surface area contributed by atoms with Crippen LogP contribution in [0.25, 0.3) is 11.3 Å². The fraction of sp³-hybridized carbons (Fsp3) is 0.292. The Hall–Kier alpha value is -3.28. The molecule has 5 nitrogen and oxygen atoms in total. The summed E-state index contributed by atoms with van der Waals surface area (Å²) < 4.78 is 18.5. The zero-order valence-electron chi connectivity index (χ0n) is 16.9. The number of aromatic nitrogens is 2. The first-order valence-corrected chi connectivity index (χ1v) is 10.1. The van der Waals surface area contributed by atoms with Crippen molar-refractivity contribution >= 4 is 5.91 Å². The van der Waals surface area contributed by atoms with Crippen LogP contribution in [-0.4, -0.2) is 40.5 Å². The van der Waals surface area contributed by atoms with Crippen molar-refractivity contribution in [2.45, 2.75) is 25.7 Å². The molecule has 4 rings (SSSR count). The Morgan fingerprint density at radius 2 is 2.03 bits per heavy atom. The molecule has 3 aromatic rings. The largest absolute Gasteiger partial charge is 0.484 e. The first-order valence-electron chi connectivity index (χ1n) is 10.1. The van der Waals surface area contributed by atoms with E-state index in [0.717, 1.165) is 29.8 Å². The van der Waals surface area contributed by atoms with Gasteiger partial charge in [0.2, 0.25) is 0 Å². The van der Waals surface area contributed by atoms with Crippen molar-refractivity contribution < 1.29 is 13.9 Å². The van der Waals surface area contributed by atoms with E-state index in [2.05, 4.69) is 24.0 Å². The van der Waals surface area contributed by atoms with Gasteiger partial charge in [-0.2, -0.15) is 0 Å². The molecule has 0 unspecified atom stereocenters. The van der Waals surface area contributed by atoms with Gasteiger partial charge in [-0.1, -0.05) is 23.8 Å². The number of amides is 1. The third kappa shape index (κ3) is 4.82. The van der Waals surface area contributed by atoms with E-state index in [0.29, 0.717) is 18.8 Å². The molecule has 0 bridgehead atoms. The van der Waals surface area contributed by atoms with Crippen molar-refractivity contribution in [2.24, 2.45) is 0 Å². The summed E-state index contributed by atoms with van der Waals surface area (Å²) >= 11 is 0. The fourth-order valence-corrected chi connectivity index (χ4v) is 3.73. The molecular formula is C24H24FN3O2. The fourth-order valence-electron chi connectivity index (χ4n) is 3.73. The number of carbonyl (C=O) groups excluding carboxylic acids is 1. The van der Waals surface area contributed by atoms with Crippen LogP contribution < -0.4 is 4.74 Å². The van der Waals surface area contributed by atoms with Crippen LogP contribution in [0.1, 0.15) is 30.0 Å². The molecule has 0 aliphatic carbocycles. The van der Waals surface area contributed by atoms with Crippen molar-refractivity contribution in [1.29, 1.82) is 0 Å². The highest BCUT2D eigenvalue weighted by Crippen LogP contribution is 2.27. The summed E-state index contributed by atoms with van der Waals surface area (Å²) in [6.45, 7) is 3.29. The van der Waals surface area contributed by atoms with E-state index in [1.54, 1.807) is 12.4 Å². The number of halogens is 1. The molecule has 0 N–H and O–H groups in total. The topological polar surface area (TPSA) is 55.3 Å². The lowest BCUT2D eigenvalue weighted by Gasteiger charge is -2.32. The summed E-state index contributed by atoms with van der Waals surface area (Å²) in [5.41, 5.74) is 3.97. The molecule has 1 aromatic heterocycles. The number of nitrogens with zero attached hydrogens (tertiary/aromatic N) is 3. The summed E-state index contributed by atoms with van der Waals surface area (Å²) in [4.78, 5) is 23.7. The highest BCUT2D eigenvalue weighted by molar-refractivity contribution is 5.78. The van der Waals surface area contributed by atoms with Crippen molar-refractivity contribution in [2.75, 3.05) is 19.7 Å².